The van der Waals surface area contributed by atoms with E-state index in [1.165, 1.54) is 25.9 Å². The second-order valence-electron chi connectivity index (χ2n) is 4.88. The van der Waals surface area contributed by atoms with E-state index >= 15 is 0 Å². The Morgan fingerprint density at radius 1 is 1.00 bits per heavy atom. The Bertz CT molecular complexity index is 133. The molecule has 1 nitrogen and oxygen atoms in total. The highest BCUT2D eigenvalue weighted by Gasteiger charge is 2.23. The highest BCUT2D eigenvalue weighted by atomic mass is 28.3. The Morgan fingerprint density at radius 2 is 1.43 bits per heavy atom. The van der Waals surface area contributed by atoms with Crippen LogP contribution in [0.15, 0.2) is 0 Å². The molecule has 0 aliphatic rings. The van der Waals surface area contributed by atoms with Gasteiger partial charge in [-0.05, 0) is 31.1 Å². The molecule has 0 bridgehead atoms. The van der Waals surface area contributed by atoms with Gasteiger partial charge in [0, 0.05) is 8.80 Å². The smallest absolute Gasteiger partial charge is 0.108 e. The van der Waals surface area contributed by atoms with Crippen molar-refractivity contribution in [3.63, 3.8) is 0 Å². The first-order chi connectivity index (χ1) is 6.54. The maximum absolute atomic E-state index is 2.82. The highest BCUT2D eigenvalue weighted by molar-refractivity contribution is 6.76. The fourth-order valence-corrected chi connectivity index (χ4v) is 9.17. The lowest BCUT2D eigenvalue weighted by Crippen LogP contribution is -2.43. The summed E-state index contributed by atoms with van der Waals surface area (Å²) in [6.07, 6.45) is 2.65. The van der Waals surface area contributed by atoms with Gasteiger partial charge in [0.2, 0.25) is 0 Å². The van der Waals surface area contributed by atoms with Crippen molar-refractivity contribution in [2.75, 3.05) is 13.1 Å². The molecule has 0 amide bonds. The molecular formula is C11H29NSi2. The van der Waals surface area contributed by atoms with Crippen LogP contribution in [0.25, 0.3) is 0 Å². The van der Waals surface area contributed by atoms with E-state index in [9.17, 15) is 0 Å². The molecule has 0 saturated heterocycles. The first-order valence-corrected chi connectivity index (χ1v) is 11.6. The topological polar surface area (TPSA) is 3.24 Å². The molecule has 0 aromatic heterocycles. The molecule has 2 atom stereocenters. The zero-order valence-corrected chi connectivity index (χ0v) is 13.3. The predicted octanol–water partition coefficient (Wildman–Crippen LogP) is 2.88. The lowest BCUT2D eigenvalue weighted by Gasteiger charge is -2.33. The Labute approximate surface area is 94.2 Å². The lowest BCUT2D eigenvalue weighted by atomic mass is 10.4. The van der Waals surface area contributed by atoms with Gasteiger partial charge in [-0.3, -0.25) is 0 Å². The molecular weight excluding hydrogens is 202 g/mol. The van der Waals surface area contributed by atoms with E-state index < -0.39 is 17.8 Å². The Morgan fingerprint density at radius 3 is 1.71 bits per heavy atom. The van der Waals surface area contributed by atoms with E-state index in [-0.39, 0.29) is 0 Å². The zero-order valence-electron chi connectivity index (χ0n) is 11.0. The van der Waals surface area contributed by atoms with Gasteiger partial charge < -0.3 is 4.57 Å². The molecule has 0 N–H and O–H groups in total. The summed E-state index contributed by atoms with van der Waals surface area (Å²) in [6.45, 7) is 17.4. The van der Waals surface area contributed by atoms with Crippen molar-refractivity contribution in [2.45, 2.75) is 58.4 Å². The van der Waals surface area contributed by atoms with E-state index in [0.29, 0.717) is 0 Å². The number of rotatable bonds is 7. The third kappa shape index (κ3) is 4.76. The minimum Gasteiger partial charge on any atom is -0.326 e. The van der Waals surface area contributed by atoms with Gasteiger partial charge in [-0.25, -0.2) is 0 Å². The molecule has 14 heavy (non-hydrogen) atoms. The molecule has 0 radical (unpaired) electrons. The normalized spacial score (nSPS) is 16.3. The molecule has 0 aromatic rings. The predicted molar refractivity (Wildman–Crippen MR) is 73.5 cm³/mol. The molecule has 2 unspecified atom stereocenters. The minimum absolute atomic E-state index is 0.409. The van der Waals surface area contributed by atoms with Crippen molar-refractivity contribution in [3.05, 3.63) is 0 Å². The molecule has 0 saturated carbocycles. The number of nitrogens with zero attached hydrogens (tertiary/aromatic N) is 1. The fraction of sp³-hybridized carbons (Fsp3) is 1.00. The minimum atomic E-state index is -0.609. The van der Waals surface area contributed by atoms with Gasteiger partial charge in [0.25, 0.3) is 0 Å². The van der Waals surface area contributed by atoms with Gasteiger partial charge in [-0.1, -0.05) is 40.4 Å². The van der Waals surface area contributed by atoms with Crippen LogP contribution in [-0.2, 0) is 0 Å². The number of hydrogen-bond donors (Lipinski definition) is 0. The summed E-state index contributed by atoms with van der Waals surface area (Å²) in [7, 11) is -1.02. The van der Waals surface area contributed by atoms with E-state index in [4.69, 9.17) is 0 Å². The zero-order chi connectivity index (χ0) is 11.1. The van der Waals surface area contributed by atoms with Gasteiger partial charge >= 0.3 is 0 Å². The molecule has 0 spiro atoms. The second kappa shape index (κ2) is 7.66. The van der Waals surface area contributed by atoms with Crippen molar-refractivity contribution in [2.24, 2.45) is 0 Å². The first kappa shape index (κ1) is 14.4. The maximum Gasteiger partial charge on any atom is 0.108 e. The molecule has 0 rings (SSSR count). The third-order valence-electron chi connectivity index (χ3n) is 3.41. The molecule has 3 heteroatoms. The van der Waals surface area contributed by atoms with Crippen LogP contribution in [0.2, 0.25) is 24.8 Å². The van der Waals surface area contributed by atoms with E-state index in [0.717, 1.165) is 5.16 Å². The summed E-state index contributed by atoms with van der Waals surface area (Å²) in [5.74, 6) is 0. The van der Waals surface area contributed by atoms with Crippen LogP contribution in [0.3, 0.4) is 0 Å². The molecule has 0 heterocycles. The van der Waals surface area contributed by atoms with E-state index in [1.54, 1.807) is 0 Å². The summed E-state index contributed by atoms with van der Waals surface area (Å²) in [5.41, 5.74) is 0. The lowest BCUT2D eigenvalue weighted by molar-refractivity contribution is 0.428. The SMILES string of the molecule is CCCN(CCC)[SiH](C)C(C)[SiH](C)C. The molecule has 0 fully saturated rings. The van der Waals surface area contributed by atoms with Gasteiger partial charge in [-0.15, -0.1) is 0 Å². The monoisotopic (exact) mass is 231 g/mol. The Balaban J connectivity index is 4.18. The Hall–Kier alpha value is 0.394. The molecule has 0 aliphatic heterocycles. The summed E-state index contributed by atoms with van der Waals surface area (Å²) >= 11 is 0. The molecule has 0 aromatic carbocycles. The van der Waals surface area contributed by atoms with Gasteiger partial charge in [0.15, 0.2) is 0 Å². The maximum atomic E-state index is 2.82. The van der Waals surface area contributed by atoms with Crippen molar-refractivity contribution in [3.8, 4) is 0 Å². The average Bonchev–Trinajstić information content (AvgIpc) is 2.15. The molecule has 0 aliphatic carbocycles. The van der Waals surface area contributed by atoms with Crippen LogP contribution < -0.4 is 0 Å². The first-order valence-electron chi connectivity index (χ1n) is 6.28. The van der Waals surface area contributed by atoms with Crippen molar-refractivity contribution < 1.29 is 0 Å². The van der Waals surface area contributed by atoms with Crippen LogP contribution in [0.4, 0.5) is 0 Å². The average molecular weight is 232 g/mol. The summed E-state index contributed by atoms with van der Waals surface area (Å²) in [5, 5.41) is 1.08. The van der Waals surface area contributed by atoms with Crippen LogP contribution in [0.5, 0.6) is 0 Å². The second-order valence-corrected chi connectivity index (χ2v) is 12.5. The summed E-state index contributed by atoms with van der Waals surface area (Å²) in [4.78, 5) is 0. The largest absolute Gasteiger partial charge is 0.326 e. The third-order valence-corrected chi connectivity index (χ3v) is 12.7. The van der Waals surface area contributed by atoms with E-state index in [2.05, 4.69) is 45.0 Å². The Kier molecular flexibility index (Phi) is 7.87. The van der Waals surface area contributed by atoms with E-state index in [1.807, 2.05) is 0 Å². The van der Waals surface area contributed by atoms with Gasteiger partial charge in [-0.2, -0.15) is 0 Å². The van der Waals surface area contributed by atoms with Crippen LogP contribution in [-0.4, -0.2) is 35.4 Å². The van der Waals surface area contributed by atoms with Gasteiger partial charge in [0.1, 0.15) is 8.96 Å². The van der Waals surface area contributed by atoms with Crippen molar-refractivity contribution >= 4 is 17.8 Å². The van der Waals surface area contributed by atoms with Crippen LogP contribution >= 0.6 is 0 Å². The van der Waals surface area contributed by atoms with Crippen LogP contribution in [0.1, 0.15) is 33.6 Å². The molecule has 86 valence electrons. The van der Waals surface area contributed by atoms with Crippen molar-refractivity contribution in [1.29, 1.82) is 0 Å². The summed E-state index contributed by atoms with van der Waals surface area (Å²) < 4.78 is 2.82. The standard InChI is InChI=1S/C11H29NSi2/c1-7-9-12(10-8-2)14(6)11(3)13(4)5/h11,13-14H,7-10H2,1-6H3. The highest BCUT2D eigenvalue weighted by Crippen LogP contribution is 2.17. The van der Waals surface area contributed by atoms with Crippen LogP contribution in [0, 0.1) is 0 Å². The van der Waals surface area contributed by atoms with Gasteiger partial charge in [0.05, 0.1) is 0 Å². The number of hydrogen-bond acceptors (Lipinski definition) is 1. The quantitative estimate of drug-likeness (QED) is 0.609. The fourth-order valence-electron chi connectivity index (χ4n) is 1.98. The van der Waals surface area contributed by atoms with Crippen molar-refractivity contribution in [1.82, 2.24) is 4.57 Å². The summed E-state index contributed by atoms with van der Waals surface area (Å²) in [6, 6.07) is 0.